The molecule has 0 atom stereocenters. The van der Waals surface area contributed by atoms with Crippen LogP contribution in [0.3, 0.4) is 0 Å². The van der Waals surface area contributed by atoms with Crippen molar-refractivity contribution < 1.29 is 0 Å². The zero-order valence-corrected chi connectivity index (χ0v) is 16.8. The lowest BCUT2D eigenvalue weighted by molar-refractivity contribution is 0.848. The van der Waals surface area contributed by atoms with Gasteiger partial charge in [0.05, 0.1) is 11.9 Å². The number of para-hydroxylation sites is 1. The highest BCUT2D eigenvalue weighted by Crippen LogP contribution is 2.23. The van der Waals surface area contributed by atoms with E-state index >= 15 is 0 Å². The molecule has 0 saturated heterocycles. The Morgan fingerprint density at radius 1 is 1.12 bits per heavy atom. The number of nitrogens with one attached hydrogen (secondary N) is 1. The smallest absolute Gasteiger partial charge is 0.205 e. The van der Waals surface area contributed by atoms with Crippen molar-refractivity contribution in [1.29, 1.82) is 0 Å². The zero-order valence-electron chi connectivity index (χ0n) is 14.4. The van der Waals surface area contributed by atoms with Crippen molar-refractivity contribution in [2.75, 3.05) is 7.05 Å². The number of benzene rings is 2. The molecule has 0 saturated carbocycles. The van der Waals surface area contributed by atoms with Crippen LogP contribution in [0.5, 0.6) is 0 Å². The van der Waals surface area contributed by atoms with Crippen molar-refractivity contribution in [3.05, 3.63) is 74.4 Å². The predicted octanol–water partition coefficient (Wildman–Crippen LogP) is 5.18. The molecule has 2 heterocycles. The SMILES string of the molecule is CN=c1scc(-c2ccc(Br)cc2)n1N=Cc1c(C)[nH]c2ccccc12. The number of halogens is 1. The average molecular weight is 425 g/mol. The van der Waals surface area contributed by atoms with E-state index in [1.54, 1.807) is 18.4 Å². The molecule has 0 amide bonds. The summed E-state index contributed by atoms with van der Waals surface area (Å²) in [6.07, 6.45) is 1.91. The van der Waals surface area contributed by atoms with Crippen LogP contribution in [0.1, 0.15) is 11.3 Å². The Hall–Kier alpha value is -2.44. The Morgan fingerprint density at radius 3 is 2.65 bits per heavy atom. The van der Waals surface area contributed by atoms with Crippen molar-refractivity contribution in [3.8, 4) is 11.3 Å². The van der Waals surface area contributed by atoms with Gasteiger partial charge in [0.25, 0.3) is 0 Å². The first-order valence-corrected chi connectivity index (χ1v) is 9.85. The maximum absolute atomic E-state index is 4.77. The van der Waals surface area contributed by atoms with Crippen molar-refractivity contribution in [1.82, 2.24) is 9.66 Å². The minimum Gasteiger partial charge on any atom is -0.358 e. The summed E-state index contributed by atoms with van der Waals surface area (Å²) >= 11 is 5.07. The fourth-order valence-electron chi connectivity index (χ4n) is 2.96. The molecule has 4 aromatic rings. The summed E-state index contributed by atoms with van der Waals surface area (Å²) < 4.78 is 2.95. The van der Waals surface area contributed by atoms with E-state index in [0.717, 1.165) is 37.3 Å². The Kier molecular flexibility index (Phi) is 4.61. The fourth-order valence-corrected chi connectivity index (χ4v) is 4.03. The second-order valence-corrected chi connectivity index (χ2v) is 7.65. The third kappa shape index (κ3) is 3.06. The van der Waals surface area contributed by atoms with Crippen LogP contribution >= 0.6 is 27.3 Å². The highest BCUT2D eigenvalue weighted by atomic mass is 79.9. The minimum atomic E-state index is 0.858. The van der Waals surface area contributed by atoms with Gasteiger partial charge in [-0.1, -0.05) is 46.3 Å². The van der Waals surface area contributed by atoms with Gasteiger partial charge in [0.1, 0.15) is 0 Å². The van der Waals surface area contributed by atoms with Crippen molar-refractivity contribution in [3.63, 3.8) is 0 Å². The summed E-state index contributed by atoms with van der Waals surface area (Å²) in [6.45, 7) is 2.07. The summed E-state index contributed by atoms with van der Waals surface area (Å²) in [6, 6.07) is 16.5. The molecule has 4 rings (SSSR count). The Morgan fingerprint density at radius 2 is 1.88 bits per heavy atom. The molecule has 0 aliphatic rings. The second kappa shape index (κ2) is 7.05. The number of hydrogen-bond donors (Lipinski definition) is 1. The molecule has 0 spiro atoms. The van der Waals surface area contributed by atoms with Crippen LogP contribution in [0.2, 0.25) is 0 Å². The average Bonchev–Trinajstić information content (AvgIpc) is 3.20. The molecule has 0 bridgehead atoms. The predicted molar refractivity (Wildman–Crippen MR) is 113 cm³/mol. The van der Waals surface area contributed by atoms with Crippen LogP contribution in [0, 0.1) is 6.92 Å². The van der Waals surface area contributed by atoms with E-state index in [0.29, 0.717) is 0 Å². The lowest BCUT2D eigenvalue weighted by atomic mass is 10.1. The van der Waals surface area contributed by atoms with Crippen LogP contribution in [0.4, 0.5) is 0 Å². The lowest BCUT2D eigenvalue weighted by Gasteiger charge is -2.03. The molecule has 6 heteroatoms. The van der Waals surface area contributed by atoms with Crippen LogP contribution in [0.25, 0.3) is 22.2 Å². The van der Waals surface area contributed by atoms with Crippen LogP contribution in [-0.4, -0.2) is 22.9 Å². The Labute approximate surface area is 163 Å². The van der Waals surface area contributed by atoms with E-state index in [2.05, 4.69) is 62.5 Å². The molecule has 1 N–H and O–H groups in total. The topological polar surface area (TPSA) is 45.4 Å². The number of rotatable bonds is 3. The van der Waals surface area contributed by atoms with E-state index in [9.17, 15) is 0 Å². The van der Waals surface area contributed by atoms with Gasteiger partial charge in [-0.05, 0) is 25.1 Å². The molecule has 2 aromatic carbocycles. The molecular formula is C20H17BrN4S. The zero-order chi connectivity index (χ0) is 18.1. The van der Waals surface area contributed by atoms with Gasteiger partial charge in [0.2, 0.25) is 4.80 Å². The van der Waals surface area contributed by atoms with E-state index in [1.807, 2.05) is 35.2 Å². The maximum Gasteiger partial charge on any atom is 0.205 e. The van der Waals surface area contributed by atoms with Gasteiger partial charge in [-0.3, -0.25) is 4.99 Å². The van der Waals surface area contributed by atoms with Gasteiger partial charge in [-0.2, -0.15) is 5.10 Å². The molecule has 0 aliphatic heterocycles. The van der Waals surface area contributed by atoms with E-state index in [1.165, 1.54) is 5.39 Å². The first kappa shape index (κ1) is 17.0. The van der Waals surface area contributed by atoms with Gasteiger partial charge in [0.15, 0.2) is 0 Å². The monoisotopic (exact) mass is 424 g/mol. The number of hydrogen-bond acceptors (Lipinski definition) is 3. The van der Waals surface area contributed by atoms with Gasteiger partial charge in [0, 0.05) is 44.6 Å². The summed E-state index contributed by atoms with van der Waals surface area (Å²) in [5.74, 6) is 0. The van der Waals surface area contributed by atoms with E-state index in [-0.39, 0.29) is 0 Å². The third-order valence-electron chi connectivity index (χ3n) is 4.26. The number of thiazole rings is 1. The molecule has 0 unspecified atom stereocenters. The van der Waals surface area contributed by atoms with Gasteiger partial charge in [-0.15, -0.1) is 11.3 Å². The number of aromatic nitrogens is 2. The van der Waals surface area contributed by atoms with E-state index in [4.69, 9.17) is 5.10 Å². The van der Waals surface area contributed by atoms with Crippen molar-refractivity contribution in [2.45, 2.75) is 6.92 Å². The van der Waals surface area contributed by atoms with E-state index < -0.39 is 0 Å². The third-order valence-corrected chi connectivity index (χ3v) is 5.70. The second-order valence-electron chi connectivity index (χ2n) is 5.90. The van der Waals surface area contributed by atoms with Gasteiger partial charge >= 0.3 is 0 Å². The molecule has 2 aromatic heterocycles. The number of H-pyrrole nitrogens is 1. The largest absolute Gasteiger partial charge is 0.358 e. The summed E-state index contributed by atoms with van der Waals surface area (Å²) in [7, 11) is 1.79. The molecule has 26 heavy (non-hydrogen) atoms. The van der Waals surface area contributed by atoms with Gasteiger partial charge in [-0.25, -0.2) is 4.68 Å². The van der Waals surface area contributed by atoms with Crippen molar-refractivity contribution >= 4 is 44.4 Å². The lowest BCUT2D eigenvalue weighted by Crippen LogP contribution is -2.11. The van der Waals surface area contributed by atoms with Crippen LogP contribution in [-0.2, 0) is 0 Å². The normalized spacial score (nSPS) is 12.5. The number of aryl methyl sites for hydroxylation is 1. The molecule has 0 aliphatic carbocycles. The molecule has 4 nitrogen and oxygen atoms in total. The fraction of sp³-hybridized carbons (Fsp3) is 0.100. The van der Waals surface area contributed by atoms with Crippen LogP contribution < -0.4 is 4.80 Å². The molecule has 0 radical (unpaired) electrons. The highest BCUT2D eigenvalue weighted by Gasteiger charge is 2.09. The number of nitrogens with zero attached hydrogens (tertiary/aromatic N) is 3. The molecular weight excluding hydrogens is 408 g/mol. The van der Waals surface area contributed by atoms with Crippen LogP contribution in [0.15, 0.2) is 68.5 Å². The quantitative estimate of drug-likeness (QED) is 0.440. The first-order chi connectivity index (χ1) is 12.7. The standard InChI is InChI=1S/C20H17BrN4S/c1-13-17(16-5-3-4-6-18(16)24-13)11-23-25-19(12-26-20(25)22-2)14-7-9-15(21)10-8-14/h3-12,24H,1-2H3. The number of aromatic amines is 1. The Balaban J connectivity index is 1.83. The maximum atomic E-state index is 4.77. The highest BCUT2D eigenvalue weighted by molar-refractivity contribution is 9.10. The Bertz CT molecular complexity index is 1160. The first-order valence-electron chi connectivity index (χ1n) is 8.18. The van der Waals surface area contributed by atoms with Crippen molar-refractivity contribution in [2.24, 2.45) is 10.1 Å². The summed E-state index contributed by atoms with van der Waals surface area (Å²) in [5, 5.41) is 8.03. The molecule has 130 valence electrons. The molecule has 0 fully saturated rings. The number of fused-ring (bicyclic) bond motifs is 1. The van der Waals surface area contributed by atoms with Gasteiger partial charge < -0.3 is 4.98 Å². The summed E-state index contributed by atoms with van der Waals surface area (Å²) in [5.41, 5.74) is 5.45. The minimum absolute atomic E-state index is 0.858. The summed E-state index contributed by atoms with van der Waals surface area (Å²) in [4.78, 5) is 8.64.